The number of nitrogens with one attached hydrogen (secondary N) is 1. The fraction of sp³-hybridized carbons (Fsp3) is 0.455. The maximum Gasteiger partial charge on any atom is 0.328 e. The Morgan fingerprint density at radius 1 is 1.47 bits per heavy atom. The molecule has 0 aliphatic carbocycles. The summed E-state index contributed by atoms with van der Waals surface area (Å²) in [5.74, 6) is 0. The molecule has 0 bridgehead atoms. The monoisotopic (exact) mass is 304 g/mol. The highest BCUT2D eigenvalue weighted by Crippen LogP contribution is 1.95. The smallest absolute Gasteiger partial charge is 0.328 e. The quantitative estimate of drug-likeness (QED) is 0.922. The van der Waals surface area contributed by atoms with Crippen molar-refractivity contribution in [1.82, 2.24) is 9.55 Å². The molecule has 0 saturated carbocycles. The highest BCUT2D eigenvalue weighted by atomic mass is 79.9. The second-order valence-corrected chi connectivity index (χ2v) is 3.77. The Balaban J connectivity index is 0.000000770. The Bertz CT molecular complexity index is 463. The lowest BCUT2D eigenvalue weighted by Gasteiger charge is -2.02. The van der Waals surface area contributed by atoms with Crippen molar-refractivity contribution in [2.24, 2.45) is 0 Å². The SMILES string of the molecule is CCCn1cc(/C=C/Br)c(=O)[nH]c1=O.COC. The van der Waals surface area contributed by atoms with Crippen LogP contribution in [0.15, 0.2) is 20.8 Å². The van der Waals surface area contributed by atoms with E-state index in [-0.39, 0.29) is 11.2 Å². The molecular formula is C11H17BrN2O3. The molecule has 17 heavy (non-hydrogen) atoms. The summed E-state index contributed by atoms with van der Waals surface area (Å²) in [6, 6.07) is 0. The molecule has 1 N–H and O–H groups in total. The number of nitrogens with zero attached hydrogens (tertiary/aromatic N) is 1. The van der Waals surface area contributed by atoms with Crippen LogP contribution in [0, 0.1) is 0 Å². The maximum absolute atomic E-state index is 11.3. The average Bonchev–Trinajstić information content (AvgIpc) is 2.26. The number of aryl methyl sites for hydroxylation is 1. The molecule has 5 nitrogen and oxygen atoms in total. The molecule has 0 spiro atoms. The topological polar surface area (TPSA) is 64.1 Å². The second kappa shape index (κ2) is 8.95. The molecule has 1 heterocycles. The summed E-state index contributed by atoms with van der Waals surface area (Å²) in [7, 11) is 3.25. The van der Waals surface area contributed by atoms with Crippen molar-refractivity contribution in [3.8, 4) is 0 Å². The van der Waals surface area contributed by atoms with Crippen LogP contribution in [-0.4, -0.2) is 23.8 Å². The molecule has 0 radical (unpaired) electrons. The van der Waals surface area contributed by atoms with Gasteiger partial charge in [-0.3, -0.25) is 9.78 Å². The summed E-state index contributed by atoms with van der Waals surface area (Å²) in [4.78, 5) is 26.3. The van der Waals surface area contributed by atoms with Crippen LogP contribution >= 0.6 is 15.9 Å². The first-order valence-electron chi connectivity index (χ1n) is 5.11. The Hall–Kier alpha value is -1.14. The third-order valence-electron chi connectivity index (χ3n) is 1.75. The van der Waals surface area contributed by atoms with Crippen LogP contribution < -0.4 is 11.2 Å². The van der Waals surface area contributed by atoms with Crippen molar-refractivity contribution >= 4 is 22.0 Å². The lowest BCUT2D eigenvalue weighted by atomic mass is 10.3. The van der Waals surface area contributed by atoms with Crippen LogP contribution in [0.2, 0.25) is 0 Å². The summed E-state index contributed by atoms with van der Waals surface area (Å²) >= 11 is 3.08. The standard InChI is InChI=1S/C9H11BrN2O2.C2H6O/c1-2-5-12-6-7(3-4-10)8(13)11-9(12)14;1-3-2/h3-4,6H,2,5H2,1H3,(H,11,13,14);1-2H3/b4-3+;. The van der Waals surface area contributed by atoms with Gasteiger partial charge >= 0.3 is 5.69 Å². The lowest BCUT2D eigenvalue weighted by molar-refractivity contribution is 0.277. The van der Waals surface area contributed by atoms with Gasteiger partial charge in [-0.25, -0.2) is 4.79 Å². The van der Waals surface area contributed by atoms with Crippen LogP contribution in [0.5, 0.6) is 0 Å². The van der Waals surface area contributed by atoms with Gasteiger partial charge < -0.3 is 9.30 Å². The van der Waals surface area contributed by atoms with Gasteiger partial charge in [-0.15, -0.1) is 0 Å². The first-order valence-corrected chi connectivity index (χ1v) is 6.02. The lowest BCUT2D eigenvalue weighted by Crippen LogP contribution is -2.30. The van der Waals surface area contributed by atoms with E-state index in [9.17, 15) is 9.59 Å². The minimum Gasteiger partial charge on any atom is -0.388 e. The van der Waals surface area contributed by atoms with Crippen molar-refractivity contribution in [2.75, 3.05) is 14.2 Å². The first kappa shape index (κ1) is 15.9. The zero-order valence-electron chi connectivity index (χ0n) is 10.2. The maximum atomic E-state index is 11.3. The molecule has 0 unspecified atom stereocenters. The molecule has 0 aliphatic rings. The van der Waals surface area contributed by atoms with Crippen molar-refractivity contribution in [3.63, 3.8) is 0 Å². The number of rotatable bonds is 3. The number of methoxy groups -OCH3 is 1. The van der Waals surface area contributed by atoms with Gasteiger partial charge in [-0.2, -0.15) is 0 Å². The summed E-state index contributed by atoms with van der Waals surface area (Å²) < 4.78 is 5.74. The normalized spacial score (nSPS) is 10.1. The Morgan fingerprint density at radius 2 is 2.06 bits per heavy atom. The van der Waals surface area contributed by atoms with Crippen molar-refractivity contribution in [1.29, 1.82) is 0 Å². The third-order valence-corrected chi connectivity index (χ3v) is 2.01. The molecule has 96 valence electrons. The van der Waals surface area contributed by atoms with Gasteiger partial charge in [-0.05, 0) is 17.5 Å². The van der Waals surface area contributed by atoms with Crippen molar-refractivity contribution in [2.45, 2.75) is 19.9 Å². The van der Waals surface area contributed by atoms with Gasteiger partial charge in [0.1, 0.15) is 0 Å². The van der Waals surface area contributed by atoms with E-state index in [0.717, 1.165) is 6.42 Å². The van der Waals surface area contributed by atoms with E-state index in [1.54, 1.807) is 31.5 Å². The van der Waals surface area contributed by atoms with E-state index < -0.39 is 0 Å². The third kappa shape index (κ3) is 5.65. The van der Waals surface area contributed by atoms with Crippen LogP contribution in [0.4, 0.5) is 0 Å². The number of ether oxygens (including phenoxy) is 1. The second-order valence-electron chi connectivity index (χ2n) is 3.24. The fourth-order valence-electron chi connectivity index (χ4n) is 1.12. The van der Waals surface area contributed by atoms with Gasteiger partial charge in [0, 0.05) is 27.0 Å². The molecule has 0 aliphatic heterocycles. The fourth-order valence-corrected chi connectivity index (χ4v) is 1.40. The number of aromatic nitrogens is 2. The number of aromatic amines is 1. The zero-order valence-corrected chi connectivity index (χ0v) is 11.8. The van der Waals surface area contributed by atoms with Crippen LogP contribution in [0.3, 0.4) is 0 Å². The van der Waals surface area contributed by atoms with Crippen molar-refractivity contribution < 1.29 is 4.74 Å². The van der Waals surface area contributed by atoms with Gasteiger partial charge in [0.05, 0.1) is 5.56 Å². The summed E-state index contributed by atoms with van der Waals surface area (Å²) in [6.07, 6.45) is 4.01. The summed E-state index contributed by atoms with van der Waals surface area (Å²) in [5, 5.41) is 0. The van der Waals surface area contributed by atoms with E-state index in [4.69, 9.17) is 0 Å². The number of H-pyrrole nitrogens is 1. The predicted octanol–water partition coefficient (Wildman–Crippen LogP) is 1.57. The highest BCUT2D eigenvalue weighted by Gasteiger charge is 2.00. The van der Waals surface area contributed by atoms with E-state index in [1.807, 2.05) is 6.92 Å². The van der Waals surface area contributed by atoms with Crippen molar-refractivity contribution in [3.05, 3.63) is 37.6 Å². The molecule has 0 aromatic carbocycles. The van der Waals surface area contributed by atoms with Crippen LogP contribution in [0.1, 0.15) is 18.9 Å². The summed E-state index contributed by atoms with van der Waals surface area (Å²) in [5.41, 5.74) is -0.253. The molecule has 0 atom stereocenters. The minimum absolute atomic E-state index is 0.358. The predicted molar refractivity (Wildman–Crippen MR) is 72.5 cm³/mol. The number of hydrogen-bond donors (Lipinski definition) is 1. The Morgan fingerprint density at radius 3 is 2.53 bits per heavy atom. The van der Waals surface area contributed by atoms with Gasteiger partial charge in [0.2, 0.25) is 0 Å². The molecule has 0 saturated heterocycles. The van der Waals surface area contributed by atoms with Gasteiger partial charge in [0.25, 0.3) is 5.56 Å². The molecule has 6 heteroatoms. The van der Waals surface area contributed by atoms with E-state index in [1.165, 1.54) is 4.57 Å². The van der Waals surface area contributed by atoms with Crippen LogP contribution in [0.25, 0.3) is 6.08 Å². The largest absolute Gasteiger partial charge is 0.388 e. The first-order chi connectivity index (χ1) is 8.10. The molecule has 1 aromatic heterocycles. The van der Waals surface area contributed by atoms with Gasteiger partial charge in [-0.1, -0.05) is 22.9 Å². The highest BCUT2D eigenvalue weighted by molar-refractivity contribution is 9.11. The Kier molecular flexibility index (Phi) is 8.35. The Labute approximate surface area is 108 Å². The molecule has 1 rings (SSSR count). The molecule has 1 aromatic rings. The molecule has 0 amide bonds. The zero-order chi connectivity index (χ0) is 13.3. The van der Waals surface area contributed by atoms with Gasteiger partial charge in [0.15, 0.2) is 0 Å². The minimum atomic E-state index is -0.363. The summed E-state index contributed by atoms with van der Waals surface area (Å²) in [6.45, 7) is 2.58. The van der Waals surface area contributed by atoms with E-state index in [2.05, 4.69) is 25.7 Å². The molecule has 0 fully saturated rings. The van der Waals surface area contributed by atoms with Crippen LogP contribution in [-0.2, 0) is 11.3 Å². The number of hydrogen-bond acceptors (Lipinski definition) is 3. The average molecular weight is 305 g/mol. The number of halogens is 1. The van der Waals surface area contributed by atoms with E-state index >= 15 is 0 Å². The van der Waals surface area contributed by atoms with E-state index in [0.29, 0.717) is 12.1 Å². The molecular weight excluding hydrogens is 288 g/mol.